The summed E-state index contributed by atoms with van der Waals surface area (Å²) in [4.78, 5) is 37.3. The highest BCUT2D eigenvalue weighted by molar-refractivity contribution is 4.90. The van der Waals surface area contributed by atoms with E-state index in [1.807, 2.05) is 0 Å². The maximum atomic E-state index is 11.4. The van der Waals surface area contributed by atoms with Crippen LogP contribution in [0.25, 0.3) is 0 Å². The Bertz CT molecular complexity index is 567. The van der Waals surface area contributed by atoms with E-state index >= 15 is 0 Å². The number of nitrogens with one attached hydrogen (secondary N) is 2. The van der Waals surface area contributed by atoms with Crippen LogP contribution in [0, 0.1) is 0 Å². The number of H-pyrrole nitrogens is 2. The van der Waals surface area contributed by atoms with Crippen LogP contribution in [0.15, 0.2) is 14.4 Å². The van der Waals surface area contributed by atoms with E-state index in [9.17, 15) is 24.6 Å². The van der Waals surface area contributed by atoms with E-state index in [4.69, 9.17) is 9.84 Å². The first-order valence-electron chi connectivity index (χ1n) is 5.03. The molecular weight excluding hydrogens is 250 g/mol. The number of aromatic nitrogens is 3. The number of ether oxygens (including phenoxy) is 1. The number of nitrogens with zero attached hydrogens (tertiary/aromatic N) is 1. The summed E-state index contributed by atoms with van der Waals surface area (Å²) in [6, 6.07) is 0. The summed E-state index contributed by atoms with van der Waals surface area (Å²) in [6.45, 7) is -0.593. The Kier molecular flexibility index (Phi) is 3.17. The normalized spacial score (nSPS) is 31.7. The molecule has 5 N–H and O–H groups in total. The van der Waals surface area contributed by atoms with Gasteiger partial charge in [0.25, 0.3) is 0 Å². The first-order valence-corrected chi connectivity index (χ1v) is 5.03. The van der Waals surface area contributed by atoms with Crippen LogP contribution >= 0.6 is 0 Å². The Morgan fingerprint density at radius 2 is 1.67 bits per heavy atom. The molecule has 4 atom stereocenters. The van der Waals surface area contributed by atoms with Gasteiger partial charge in [0.1, 0.15) is 18.3 Å². The van der Waals surface area contributed by atoms with Crippen molar-refractivity contribution in [2.45, 2.75) is 24.5 Å². The van der Waals surface area contributed by atoms with E-state index in [2.05, 4.69) is 0 Å². The molecule has 10 nitrogen and oxygen atoms in total. The van der Waals surface area contributed by atoms with Crippen LogP contribution in [-0.4, -0.2) is 54.8 Å². The number of rotatable bonds is 2. The van der Waals surface area contributed by atoms with Crippen molar-refractivity contribution >= 4 is 0 Å². The molecule has 0 radical (unpaired) electrons. The Balaban J connectivity index is 2.48. The molecule has 0 aliphatic carbocycles. The van der Waals surface area contributed by atoms with Crippen LogP contribution in [0.5, 0.6) is 0 Å². The van der Waals surface area contributed by atoms with Gasteiger partial charge >= 0.3 is 17.1 Å². The molecule has 1 aliphatic heterocycles. The van der Waals surface area contributed by atoms with Gasteiger partial charge in [-0.05, 0) is 0 Å². The first kappa shape index (κ1) is 12.7. The predicted molar refractivity (Wildman–Crippen MR) is 55.0 cm³/mol. The zero-order valence-electron chi connectivity index (χ0n) is 8.94. The Morgan fingerprint density at radius 3 is 2.11 bits per heavy atom. The van der Waals surface area contributed by atoms with Crippen LogP contribution in [0.3, 0.4) is 0 Å². The molecule has 1 saturated heterocycles. The summed E-state index contributed by atoms with van der Waals surface area (Å²) < 4.78 is 5.42. The minimum absolute atomic E-state index is 0.422. The summed E-state index contributed by atoms with van der Waals surface area (Å²) >= 11 is 0. The van der Waals surface area contributed by atoms with Gasteiger partial charge in [-0.1, -0.05) is 0 Å². The summed E-state index contributed by atoms with van der Waals surface area (Å²) in [5, 5.41) is 28.0. The van der Waals surface area contributed by atoms with E-state index in [1.54, 1.807) is 9.97 Å². The van der Waals surface area contributed by atoms with Gasteiger partial charge < -0.3 is 20.1 Å². The van der Waals surface area contributed by atoms with Gasteiger partial charge in [-0.2, -0.15) is 0 Å². The second kappa shape index (κ2) is 4.49. The van der Waals surface area contributed by atoms with Crippen LogP contribution in [-0.2, 0) is 4.74 Å². The van der Waals surface area contributed by atoms with Crippen LogP contribution in [0.2, 0.25) is 0 Å². The van der Waals surface area contributed by atoms with Crippen molar-refractivity contribution in [2.24, 2.45) is 0 Å². The van der Waals surface area contributed by atoms with Gasteiger partial charge in [-0.3, -0.25) is 9.97 Å². The fourth-order valence-electron chi connectivity index (χ4n) is 1.76. The molecule has 2 rings (SSSR count). The lowest BCUT2D eigenvalue weighted by Crippen LogP contribution is -2.47. The number of hydrogen-bond donors (Lipinski definition) is 5. The molecule has 0 amide bonds. The number of aromatic amines is 2. The molecule has 0 spiro atoms. The summed E-state index contributed by atoms with van der Waals surface area (Å²) in [5.41, 5.74) is -3.16. The van der Waals surface area contributed by atoms with E-state index in [1.165, 1.54) is 0 Å². The third-order valence-electron chi connectivity index (χ3n) is 2.65. The van der Waals surface area contributed by atoms with E-state index in [0.29, 0.717) is 4.57 Å². The maximum absolute atomic E-state index is 11.4. The molecule has 1 aromatic heterocycles. The second-order valence-corrected chi connectivity index (χ2v) is 3.79. The molecule has 1 aromatic rings. The fraction of sp³-hybridized carbons (Fsp3) is 0.625. The topological polar surface area (TPSA) is 158 Å². The third-order valence-corrected chi connectivity index (χ3v) is 2.65. The van der Waals surface area contributed by atoms with Crippen molar-refractivity contribution in [1.82, 2.24) is 14.5 Å². The molecule has 10 heteroatoms. The quantitative estimate of drug-likeness (QED) is 0.361. The molecule has 1 aliphatic rings. The lowest BCUT2D eigenvalue weighted by atomic mass is 10.1. The van der Waals surface area contributed by atoms with Crippen LogP contribution < -0.4 is 17.1 Å². The molecule has 18 heavy (non-hydrogen) atoms. The molecule has 1 fully saturated rings. The average molecular weight is 261 g/mol. The zero-order chi connectivity index (χ0) is 13.4. The summed E-state index contributed by atoms with van der Waals surface area (Å²) in [5.74, 6) is 0. The second-order valence-electron chi connectivity index (χ2n) is 3.79. The maximum Gasteiger partial charge on any atom is 0.335 e. The molecule has 100 valence electrons. The highest BCUT2D eigenvalue weighted by Crippen LogP contribution is 2.26. The average Bonchev–Trinajstić information content (AvgIpc) is 2.56. The number of aliphatic hydroxyl groups is 3. The van der Waals surface area contributed by atoms with Crippen molar-refractivity contribution in [2.75, 3.05) is 6.61 Å². The van der Waals surface area contributed by atoms with Crippen molar-refractivity contribution in [3.8, 4) is 0 Å². The smallest absolute Gasteiger partial charge is 0.335 e. The monoisotopic (exact) mass is 261 g/mol. The molecule has 2 heterocycles. The van der Waals surface area contributed by atoms with Gasteiger partial charge in [0, 0.05) is 0 Å². The van der Waals surface area contributed by atoms with E-state index in [-0.39, 0.29) is 0 Å². The Morgan fingerprint density at radius 1 is 1.11 bits per heavy atom. The SMILES string of the molecule is O=c1[nH]c(=O)n(C2OC(CO)C(O)C2O)c(=O)[nH]1. The standard InChI is InChI=1S/C8H11N3O7/c12-1-2-3(13)4(14)5(18-2)11-7(16)9-6(15)10-8(11)17/h2-5,12-14H,1H2,(H2,9,10,15,16,17). The number of aliphatic hydroxyl groups excluding tert-OH is 3. The van der Waals surface area contributed by atoms with E-state index < -0.39 is 48.2 Å². The summed E-state index contributed by atoms with van der Waals surface area (Å²) in [7, 11) is 0. The summed E-state index contributed by atoms with van der Waals surface area (Å²) in [6.07, 6.45) is -5.63. The van der Waals surface area contributed by atoms with Crippen molar-refractivity contribution < 1.29 is 20.1 Å². The number of hydrogen-bond acceptors (Lipinski definition) is 7. The fourth-order valence-corrected chi connectivity index (χ4v) is 1.76. The minimum Gasteiger partial charge on any atom is -0.394 e. The zero-order valence-corrected chi connectivity index (χ0v) is 8.94. The van der Waals surface area contributed by atoms with Gasteiger partial charge in [0.05, 0.1) is 6.61 Å². The highest BCUT2D eigenvalue weighted by atomic mass is 16.6. The van der Waals surface area contributed by atoms with Crippen LogP contribution in [0.1, 0.15) is 6.23 Å². The lowest BCUT2D eigenvalue weighted by Gasteiger charge is -2.15. The molecule has 0 saturated carbocycles. The third kappa shape index (κ3) is 1.90. The van der Waals surface area contributed by atoms with E-state index in [0.717, 1.165) is 0 Å². The minimum atomic E-state index is -1.58. The van der Waals surface area contributed by atoms with Gasteiger partial charge in [-0.25, -0.2) is 19.0 Å². The molecular formula is C8H11N3O7. The Labute approximate surface area is 98.1 Å². The van der Waals surface area contributed by atoms with Crippen molar-refractivity contribution in [1.29, 1.82) is 0 Å². The van der Waals surface area contributed by atoms with Crippen molar-refractivity contribution in [3.05, 3.63) is 31.5 Å². The van der Waals surface area contributed by atoms with Crippen molar-refractivity contribution in [3.63, 3.8) is 0 Å². The predicted octanol–water partition coefficient (Wildman–Crippen LogP) is -4.16. The van der Waals surface area contributed by atoms with Crippen LogP contribution in [0.4, 0.5) is 0 Å². The molecule has 4 unspecified atom stereocenters. The largest absolute Gasteiger partial charge is 0.394 e. The highest BCUT2D eigenvalue weighted by Gasteiger charge is 2.44. The van der Waals surface area contributed by atoms with Gasteiger partial charge in [0.2, 0.25) is 0 Å². The first-order chi connectivity index (χ1) is 8.45. The molecule has 0 bridgehead atoms. The van der Waals surface area contributed by atoms with Gasteiger partial charge in [-0.15, -0.1) is 0 Å². The molecule has 0 aromatic carbocycles. The lowest BCUT2D eigenvalue weighted by molar-refractivity contribution is -0.0572. The van der Waals surface area contributed by atoms with Gasteiger partial charge in [0.15, 0.2) is 6.23 Å². The Hall–Kier alpha value is -1.75.